The Morgan fingerprint density at radius 3 is 1.88 bits per heavy atom. The summed E-state index contributed by atoms with van der Waals surface area (Å²) in [5.74, 6) is -0.950. The van der Waals surface area contributed by atoms with Crippen LogP contribution in [-0.4, -0.2) is 17.5 Å². The molecule has 0 aliphatic heterocycles. The van der Waals surface area contributed by atoms with Crippen LogP contribution in [0.15, 0.2) is 0 Å². The summed E-state index contributed by atoms with van der Waals surface area (Å²) < 4.78 is 4.78. The SMILES string of the molecule is CCOC(C)(C)O.N. The van der Waals surface area contributed by atoms with Crippen molar-refractivity contribution in [3.63, 3.8) is 0 Å². The van der Waals surface area contributed by atoms with Gasteiger partial charge in [0, 0.05) is 6.61 Å². The summed E-state index contributed by atoms with van der Waals surface area (Å²) in [4.78, 5) is 0. The van der Waals surface area contributed by atoms with Gasteiger partial charge in [-0.05, 0) is 20.8 Å². The van der Waals surface area contributed by atoms with E-state index >= 15 is 0 Å². The summed E-state index contributed by atoms with van der Waals surface area (Å²) in [6.45, 7) is 5.62. The first-order valence-electron chi connectivity index (χ1n) is 2.42. The van der Waals surface area contributed by atoms with E-state index in [9.17, 15) is 0 Å². The molecule has 0 aliphatic rings. The molecule has 4 N–H and O–H groups in total. The molecular formula is C5H15NO2. The van der Waals surface area contributed by atoms with E-state index in [-0.39, 0.29) is 6.15 Å². The molecule has 0 atom stereocenters. The molecule has 0 radical (unpaired) electrons. The summed E-state index contributed by atoms with van der Waals surface area (Å²) in [5, 5.41) is 8.80. The van der Waals surface area contributed by atoms with Crippen molar-refractivity contribution in [1.29, 1.82) is 0 Å². The second-order valence-corrected chi connectivity index (χ2v) is 1.88. The van der Waals surface area contributed by atoms with Gasteiger partial charge in [0.2, 0.25) is 0 Å². The van der Waals surface area contributed by atoms with Crippen molar-refractivity contribution < 1.29 is 9.84 Å². The normalized spacial score (nSPS) is 10.5. The van der Waals surface area contributed by atoms with Gasteiger partial charge in [-0.2, -0.15) is 0 Å². The standard InChI is InChI=1S/C5H12O2.H3N/c1-4-7-5(2,3)6;/h6H,4H2,1-3H3;1H3. The number of hydrogen-bond acceptors (Lipinski definition) is 3. The van der Waals surface area contributed by atoms with Crippen LogP contribution in [0, 0.1) is 0 Å². The minimum Gasteiger partial charge on any atom is -0.366 e. The van der Waals surface area contributed by atoms with Crippen molar-refractivity contribution in [1.82, 2.24) is 6.15 Å². The molecule has 0 aromatic heterocycles. The van der Waals surface area contributed by atoms with E-state index in [2.05, 4.69) is 0 Å². The molecule has 0 saturated heterocycles. The number of aliphatic hydroxyl groups is 1. The van der Waals surface area contributed by atoms with E-state index in [1.54, 1.807) is 13.8 Å². The third-order valence-electron chi connectivity index (χ3n) is 0.498. The van der Waals surface area contributed by atoms with Gasteiger partial charge in [-0.1, -0.05) is 0 Å². The van der Waals surface area contributed by atoms with Crippen LogP contribution in [0.5, 0.6) is 0 Å². The summed E-state index contributed by atoms with van der Waals surface area (Å²) >= 11 is 0. The second kappa shape index (κ2) is 3.83. The molecule has 0 spiro atoms. The molecule has 0 aromatic carbocycles. The monoisotopic (exact) mass is 121 g/mol. The lowest BCUT2D eigenvalue weighted by Gasteiger charge is -2.15. The van der Waals surface area contributed by atoms with Crippen LogP contribution in [-0.2, 0) is 4.74 Å². The molecule has 0 saturated carbocycles. The van der Waals surface area contributed by atoms with Crippen LogP contribution < -0.4 is 6.15 Å². The zero-order valence-electron chi connectivity index (χ0n) is 5.77. The maximum atomic E-state index is 8.80. The van der Waals surface area contributed by atoms with E-state index in [0.29, 0.717) is 6.61 Å². The van der Waals surface area contributed by atoms with E-state index in [1.165, 1.54) is 0 Å². The lowest BCUT2D eigenvalue weighted by Crippen LogP contribution is -2.22. The van der Waals surface area contributed by atoms with E-state index in [0.717, 1.165) is 0 Å². The topological polar surface area (TPSA) is 64.5 Å². The minimum absolute atomic E-state index is 0. The van der Waals surface area contributed by atoms with Gasteiger partial charge < -0.3 is 16.0 Å². The molecule has 0 bridgehead atoms. The van der Waals surface area contributed by atoms with Crippen molar-refractivity contribution >= 4 is 0 Å². The highest BCUT2D eigenvalue weighted by Crippen LogP contribution is 2.00. The number of ether oxygens (including phenoxy) is 1. The van der Waals surface area contributed by atoms with Crippen molar-refractivity contribution in [2.24, 2.45) is 0 Å². The minimum atomic E-state index is -0.950. The molecule has 0 rings (SSSR count). The third kappa shape index (κ3) is 9.30. The molecule has 0 amide bonds. The van der Waals surface area contributed by atoms with Crippen molar-refractivity contribution in [3.05, 3.63) is 0 Å². The van der Waals surface area contributed by atoms with Crippen molar-refractivity contribution in [2.75, 3.05) is 6.61 Å². The summed E-state index contributed by atoms with van der Waals surface area (Å²) in [5.41, 5.74) is 0. The molecule has 0 heterocycles. The van der Waals surface area contributed by atoms with Gasteiger partial charge in [-0.3, -0.25) is 0 Å². The molecular weight excluding hydrogens is 106 g/mol. The average molecular weight is 121 g/mol. The molecule has 3 heteroatoms. The molecule has 3 nitrogen and oxygen atoms in total. The Morgan fingerprint density at radius 1 is 1.50 bits per heavy atom. The molecule has 0 aromatic rings. The van der Waals surface area contributed by atoms with Crippen molar-refractivity contribution in [3.8, 4) is 0 Å². The summed E-state index contributed by atoms with van der Waals surface area (Å²) in [6.07, 6.45) is 0. The molecule has 0 unspecified atom stereocenters. The summed E-state index contributed by atoms with van der Waals surface area (Å²) in [6, 6.07) is 0. The van der Waals surface area contributed by atoms with E-state index in [4.69, 9.17) is 9.84 Å². The lowest BCUT2D eigenvalue weighted by molar-refractivity contribution is -0.172. The Kier molecular flexibility index (Phi) is 5.17. The quantitative estimate of drug-likeness (QED) is 0.534. The fourth-order valence-electron chi connectivity index (χ4n) is 0.353. The Bertz CT molecular complexity index is 48.9. The van der Waals surface area contributed by atoms with Gasteiger partial charge in [0.25, 0.3) is 0 Å². The molecule has 8 heavy (non-hydrogen) atoms. The largest absolute Gasteiger partial charge is 0.366 e. The van der Waals surface area contributed by atoms with Gasteiger partial charge in [-0.25, -0.2) is 0 Å². The summed E-state index contributed by atoms with van der Waals surface area (Å²) in [7, 11) is 0. The van der Waals surface area contributed by atoms with Crippen LogP contribution in [0.4, 0.5) is 0 Å². The van der Waals surface area contributed by atoms with E-state index in [1.807, 2.05) is 6.92 Å². The first kappa shape index (κ1) is 10.8. The lowest BCUT2D eigenvalue weighted by atomic mass is 10.4. The Labute approximate surface area is 50.2 Å². The van der Waals surface area contributed by atoms with Crippen LogP contribution in [0.2, 0.25) is 0 Å². The van der Waals surface area contributed by atoms with Crippen LogP contribution in [0.3, 0.4) is 0 Å². The first-order valence-corrected chi connectivity index (χ1v) is 2.42. The Balaban J connectivity index is 0. The number of hydrogen-bond donors (Lipinski definition) is 2. The molecule has 52 valence electrons. The average Bonchev–Trinajstić information content (AvgIpc) is 1.30. The predicted molar refractivity (Wildman–Crippen MR) is 32.9 cm³/mol. The molecule has 0 fully saturated rings. The van der Waals surface area contributed by atoms with Crippen molar-refractivity contribution in [2.45, 2.75) is 26.6 Å². The fraction of sp³-hybridized carbons (Fsp3) is 1.00. The maximum absolute atomic E-state index is 8.80. The van der Waals surface area contributed by atoms with Gasteiger partial charge in [0.15, 0.2) is 5.79 Å². The van der Waals surface area contributed by atoms with Crippen LogP contribution in [0.1, 0.15) is 20.8 Å². The van der Waals surface area contributed by atoms with E-state index < -0.39 is 5.79 Å². The van der Waals surface area contributed by atoms with Gasteiger partial charge in [0.1, 0.15) is 0 Å². The highest BCUT2D eigenvalue weighted by molar-refractivity contribution is 4.44. The zero-order chi connectivity index (χ0) is 5.91. The zero-order valence-corrected chi connectivity index (χ0v) is 5.77. The smallest absolute Gasteiger partial charge is 0.159 e. The Morgan fingerprint density at radius 2 is 1.88 bits per heavy atom. The molecule has 0 aliphatic carbocycles. The second-order valence-electron chi connectivity index (χ2n) is 1.88. The van der Waals surface area contributed by atoms with Gasteiger partial charge in [0.05, 0.1) is 0 Å². The van der Waals surface area contributed by atoms with Crippen LogP contribution in [0.25, 0.3) is 0 Å². The first-order chi connectivity index (χ1) is 3.06. The highest BCUT2D eigenvalue weighted by Gasteiger charge is 2.08. The van der Waals surface area contributed by atoms with Crippen LogP contribution >= 0.6 is 0 Å². The van der Waals surface area contributed by atoms with Gasteiger partial charge in [-0.15, -0.1) is 0 Å². The maximum Gasteiger partial charge on any atom is 0.159 e. The third-order valence-corrected chi connectivity index (χ3v) is 0.498. The van der Waals surface area contributed by atoms with Gasteiger partial charge >= 0.3 is 0 Å². The Hall–Kier alpha value is -0.120. The fourth-order valence-corrected chi connectivity index (χ4v) is 0.353. The predicted octanol–water partition coefficient (Wildman–Crippen LogP) is 0.913. The number of rotatable bonds is 2. The highest BCUT2D eigenvalue weighted by atomic mass is 16.6.